The Kier molecular flexibility index (Phi) is 4.12. The summed E-state index contributed by atoms with van der Waals surface area (Å²) in [5, 5.41) is 3.10. The molecule has 2 fully saturated rings. The summed E-state index contributed by atoms with van der Waals surface area (Å²) < 4.78 is 0. The van der Waals surface area contributed by atoms with Gasteiger partial charge in [-0.1, -0.05) is 40.0 Å². The number of hydrogen-bond acceptors (Lipinski definition) is 2. The lowest BCUT2D eigenvalue weighted by molar-refractivity contribution is -0.165. The van der Waals surface area contributed by atoms with E-state index in [0.29, 0.717) is 18.9 Å². The standard InChI is InChI=1S/C16H28N2O2/c1-5-15(4)13(19)17-16(9-7-6-8-10-16)14(20)18(15)11-12(2)3/h12H,5-11H2,1-4H3,(H,17,19). The summed E-state index contributed by atoms with van der Waals surface area (Å²) >= 11 is 0. The summed E-state index contributed by atoms with van der Waals surface area (Å²) in [5.41, 5.74) is -1.30. The summed E-state index contributed by atoms with van der Waals surface area (Å²) in [6, 6.07) is 0. The van der Waals surface area contributed by atoms with Crippen LogP contribution in [0, 0.1) is 5.92 Å². The first-order valence-corrected chi connectivity index (χ1v) is 8.00. The molecule has 2 rings (SSSR count). The van der Waals surface area contributed by atoms with Gasteiger partial charge in [-0.3, -0.25) is 9.59 Å². The fraction of sp³-hybridized carbons (Fsp3) is 0.875. The minimum absolute atomic E-state index is 0.0298. The highest BCUT2D eigenvalue weighted by Crippen LogP contribution is 2.37. The van der Waals surface area contributed by atoms with Crippen LogP contribution in [0.25, 0.3) is 0 Å². The molecule has 4 nitrogen and oxygen atoms in total. The first-order valence-electron chi connectivity index (χ1n) is 8.00. The van der Waals surface area contributed by atoms with Gasteiger partial charge in [0.05, 0.1) is 0 Å². The second kappa shape index (κ2) is 5.38. The van der Waals surface area contributed by atoms with Crippen molar-refractivity contribution in [1.82, 2.24) is 10.2 Å². The molecular formula is C16H28N2O2. The summed E-state index contributed by atoms with van der Waals surface area (Å²) in [6.07, 6.45) is 5.49. The van der Waals surface area contributed by atoms with Crippen LogP contribution in [0.5, 0.6) is 0 Å². The van der Waals surface area contributed by atoms with Crippen molar-refractivity contribution in [2.24, 2.45) is 5.92 Å². The Hall–Kier alpha value is -1.06. The lowest BCUT2D eigenvalue weighted by Gasteiger charge is -2.52. The predicted molar refractivity (Wildman–Crippen MR) is 79.2 cm³/mol. The lowest BCUT2D eigenvalue weighted by atomic mass is 9.75. The van der Waals surface area contributed by atoms with Gasteiger partial charge in [0.2, 0.25) is 11.8 Å². The Morgan fingerprint density at radius 1 is 1.20 bits per heavy atom. The van der Waals surface area contributed by atoms with Crippen molar-refractivity contribution < 1.29 is 9.59 Å². The van der Waals surface area contributed by atoms with E-state index in [4.69, 9.17) is 0 Å². The molecule has 1 saturated carbocycles. The molecule has 0 radical (unpaired) electrons. The van der Waals surface area contributed by atoms with Gasteiger partial charge in [0, 0.05) is 6.54 Å². The number of nitrogens with one attached hydrogen (secondary N) is 1. The van der Waals surface area contributed by atoms with Crippen LogP contribution >= 0.6 is 0 Å². The Balaban J connectivity index is 2.35. The summed E-state index contributed by atoms with van der Waals surface area (Å²) in [5.74, 6) is 0.549. The van der Waals surface area contributed by atoms with Crippen molar-refractivity contribution in [2.75, 3.05) is 6.54 Å². The van der Waals surface area contributed by atoms with E-state index in [-0.39, 0.29) is 11.8 Å². The van der Waals surface area contributed by atoms with Gasteiger partial charge in [-0.2, -0.15) is 0 Å². The van der Waals surface area contributed by atoms with Gasteiger partial charge in [-0.25, -0.2) is 0 Å². The van der Waals surface area contributed by atoms with Crippen LogP contribution in [0.3, 0.4) is 0 Å². The summed E-state index contributed by atoms with van der Waals surface area (Å²) in [6.45, 7) is 8.75. The Bertz CT molecular complexity index is 399. The quantitative estimate of drug-likeness (QED) is 0.863. The SMILES string of the molecule is CCC1(C)C(=O)NC2(CCCCC2)C(=O)N1CC(C)C. The number of rotatable bonds is 3. The van der Waals surface area contributed by atoms with Crippen molar-refractivity contribution in [3.05, 3.63) is 0 Å². The zero-order valence-corrected chi connectivity index (χ0v) is 13.3. The van der Waals surface area contributed by atoms with Gasteiger partial charge in [0.1, 0.15) is 11.1 Å². The van der Waals surface area contributed by atoms with Gasteiger partial charge >= 0.3 is 0 Å². The first-order chi connectivity index (χ1) is 9.35. The maximum absolute atomic E-state index is 13.1. The van der Waals surface area contributed by atoms with E-state index in [9.17, 15) is 9.59 Å². The number of carbonyl (C=O) groups is 2. The second-order valence-electron chi connectivity index (χ2n) is 7.03. The van der Waals surface area contributed by atoms with E-state index in [1.807, 2.05) is 18.7 Å². The molecule has 2 aliphatic rings. The van der Waals surface area contributed by atoms with Crippen molar-refractivity contribution in [1.29, 1.82) is 0 Å². The van der Waals surface area contributed by atoms with Gasteiger partial charge in [-0.05, 0) is 32.1 Å². The minimum Gasteiger partial charge on any atom is -0.340 e. The molecule has 20 heavy (non-hydrogen) atoms. The van der Waals surface area contributed by atoms with E-state index < -0.39 is 11.1 Å². The van der Waals surface area contributed by atoms with Crippen LogP contribution in [0.4, 0.5) is 0 Å². The largest absolute Gasteiger partial charge is 0.340 e. The predicted octanol–water partition coefficient (Wildman–Crippen LogP) is 2.47. The molecule has 2 amide bonds. The second-order valence-corrected chi connectivity index (χ2v) is 7.03. The van der Waals surface area contributed by atoms with Gasteiger partial charge in [-0.15, -0.1) is 0 Å². The molecule has 1 aliphatic heterocycles. The van der Waals surface area contributed by atoms with Crippen LogP contribution in [0.1, 0.15) is 66.2 Å². The lowest BCUT2D eigenvalue weighted by Crippen LogP contribution is -2.75. The average Bonchev–Trinajstić information content (AvgIpc) is 2.42. The average molecular weight is 280 g/mol. The Labute approximate surface area is 122 Å². The zero-order chi connectivity index (χ0) is 15.0. The topological polar surface area (TPSA) is 49.4 Å². The monoisotopic (exact) mass is 280 g/mol. The molecule has 0 aromatic heterocycles. The third-order valence-corrected chi connectivity index (χ3v) is 5.04. The van der Waals surface area contributed by atoms with Crippen molar-refractivity contribution >= 4 is 11.8 Å². The fourth-order valence-electron chi connectivity index (χ4n) is 3.51. The number of hydrogen-bond donors (Lipinski definition) is 1. The molecule has 1 unspecified atom stereocenters. The van der Waals surface area contributed by atoms with Crippen LogP contribution in [-0.4, -0.2) is 34.3 Å². The van der Waals surface area contributed by atoms with Gasteiger partial charge in [0.25, 0.3) is 0 Å². The molecule has 1 saturated heterocycles. The maximum atomic E-state index is 13.1. The number of piperazine rings is 1. The highest BCUT2D eigenvalue weighted by atomic mass is 16.2. The first kappa shape index (κ1) is 15.3. The van der Waals surface area contributed by atoms with E-state index in [2.05, 4.69) is 19.2 Å². The third kappa shape index (κ3) is 2.33. The highest BCUT2D eigenvalue weighted by molar-refractivity contribution is 6.02. The molecule has 1 heterocycles. The molecule has 114 valence electrons. The highest BCUT2D eigenvalue weighted by Gasteiger charge is 2.55. The Morgan fingerprint density at radius 3 is 2.30 bits per heavy atom. The smallest absolute Gasteiger partial charge is 0.249 e. The van der Waals surface area contributed by atoms with Crippen molar-refractivity contribution in [3.8, 4) is 0 Å². The zero-order valence-electron chi connectivity index (χ0n) is 13.3. The maximum Gasteiger partial charge on any atom is 0.249 e. The van der Waals surface area contributed by atoms with Gasteiger partial charge < -0.3 is 10.2 Å². The third-order valence-electron chi connectivity index (χ3n) is 5.04. The van der Waals surface area contributed by atoms with Crippen LogP contribution < -0.4 is 5.32 Å². The molecule has 1 spiro atoms. The van der Waals surface area contributed by atoms with E-state index in [0.717, 1.165) is 25.7 Å². The summed E-state index contributed by atoms with van der Waals surface area (Å²) in [4.78, 5) is 27.6. The minimum atomic E-state index is -0.690. The molecule has 1 N–H and O–H groups in total. The molecule has 1 aliphatic carbocycles. The van der Waals surface area contributed by atoms with Crippen LogP contribution in [0.2, 0.25) is 0 Å². The molecule has 0 aromatic rings. The number of amides is 2. The molecule has 0 bridgehead atoms. The molecular weight excluding hydrogens is 252 g/mol. The van der Waals surface area contributed by atoms with Crippen LogP contribution in [-0.2, 0) is 9.59 Å². The molecule has 0 aromatic carbocycles. The van der Waals surface area contributed by atoms with E-state index >= 15 is 0 Å². The van der Waals surface area contributed by atoms with E-state index in [1.54, 1.807) is 0 Å². The number of nitrogens with zero attached hydrogens (tertiary/aromatic N) is 1. The van der Waals surface area contributed by atoms with Crippen molar-refractivity contribution in [3.63, 3.8) is 0 Å². The number of carbonyl (C=O) groups excluding carboxylic acids is 2. The molecule has 1 atom stereocenters. The molecule has 4 heteroatoms. The van der Waals surface area contributed by atoms with E-state index in [1.165, 1.54) is 6.42 Å². The van der Waals surface area contributed by atoms with Crippen molar-refractivity contribution in [2.45, 2.75) is 77.3 Å². The van der Waals surface area contributed by atoms with Gasteiger partial charge in [0.15, 0.2) is 0 Å². The normalized spacial score (nSPS) is 29.9. The summed E-state index contributed by atoms with van der Waals surface area (Å²) in [7, 11) is 0. The fourth-order valence-corrected chi connectivity index (χ4v) is 3.51. The Morgan fingerprint density at radius 2 is 1.80 bits per heavy atom. The van der Waals surface area contributed by atoms with Crippen LogP contribution in [0.15, 0.2) is 0 Å².